The molecule has 2 aliphatic rings. The zero-order valence-electron chi connectivity index (χ0n) is 10.1. The van der Waals surface area contributed by atoms with Gasteiger partial charge in [-0.1, -0.05) is 13.2 Å². The maximum Gasteiger partial charge on any atom is 0.0350 e. The molecule has 0 aliphatic carbocycles. The maximum absolute atomic E-state index is 3.87. The van der Waals surface area contributed by atoms with Gasteiger partial charge in [0.25, 0.3) is 0 Å². The first-order valence-corrected chi connectivity index (χ1v) is 5.19. The second-order valence-corrected chi connectivity index (χ2v) is 4.32. The Balaban J connectivity index is 0.000000151. The molecule has 86 valence electrons. The predicted octanol–water partition coefficient (Wildman–Crippen LogP) is 0.327. The summed E-state index contributed by atoms with van der Waals surface area (Å²) in [6.45, 7) is 11.7. The van der Waals surface area contributed by atoms with Crippen molar-refractivity contribution in [1.29, 1.82) is 0 Å². The molecule has 15 heavy (non-hydrogen) atoms. The third-order valence-electron chi connectivity index (χ3n) is 2.55. The monoisotopic (exact) mass is 210 g/mol. The zero-order valence-corrected chi connectivity index (χ0v) is 10.1. The average Bonchev–Trinajstić information content (AvgIpc) is 2.61. The van der Waals surface area contributed by atoms with Crippen LogP contribution in [0, 0.1) is 0 Å². The molecule has 0 unspecified atom stereocenters. The van der Waals surface area contributed by atoms with Gasteiger partial charge >= 0.3 is 0 Å². The number of nitrogens with one attached hydrogen (secondary N) is 1. The van der Waals surface area contributed by atoms with Crippen LogP contribution >= 0.6 is 0 Å². The fourth-order valence-electron chi connectivity index (χ4n) is 1.63. The fraction of sp³-hybridized carbons (Fsp3) is 0.636. The SMILES string of the molecule is C=C1CN(C)N(C)C1.C=C1CNN(C)C1. The highest BCUT2D eigenvalue weighted by Gasteiger charge is 2.15. The Hall–Kier alpha value is -0.680. The van der Waals surface area contributed by atoms with Crippen LogP contribution < -0.4 is 5.43 Å². The van der Waals surface area contributed by atoms with Crippen LogP contribution in [-0.2, 0) is 0 Å². The Kier molecular flexibility index (Phi) is 4.47. The van der Waals surface area contributed by atoms with Gasteiger partial charge in [0.05, 0.1) is 0 Å². The molecule has 0 aromatic carbocycles. The van der Waals surface area contributed by atoms with Crippen molar-refractivity contribution in [2.75, 3.05) is 47.3 Å². The van der Waals surface area contributed by atoms with Gasteiger partial charge in [0.1, 0.15) is 0 Å². The number of hydrazine groups is 2. The van der Waals surface area contributed by atoms with Crippen molar-refractivity contribution in [3.63, 3.8) is 0 Å². The molecule has 0 spiro atoms. The van der Waals surface area contributed by atoms with Crippen LogP contribution in [0.25, 0.3) is 0 Å². The summed E-state index contributed by atoms with van der Waals surface area (Å²) in [6.07, 6.45) is 0. The molecule has 0 aromatic heterocycles. The Morgan fingerprint density at radius 1 is 0.933 bits per heavy atom. The van der Waals surface area contributed by atoms with E-state index in [0.29, 0.717) is 0 Å². The predicted molar refractivity (Wildman–Crippen MR) is 64.2 cm³/mol. The lowest BCUT2D eigenvalue weighted by Gasteiger charge is -2.16. The summed E-state index contributed by atoms with van der Waals surface area (Å²) >= 11 is 0. The minimum atomic E-state index is 0.955. The molecule has 2 fully saturated rings. The molecule has 0 radical (unpaired) electrons. The smallest absolute Gasteiger partial charge is 0.0350 e. The van der Waals surface area contributed by atoms with E-state index in [0.717, 1.165) is 26.2 Å². The highest BCUT2D eigenvalue weighted by atomic mass is 15.6. The Labute approximate surface area is 92.8 Å². The molecule has 4 heteroatoms. The molecule has 0 bridgehead atoms. The highest BCUT2D eigenvalue weighted by Crippen LogP contribution is 2.07. The zero-order chi connectivity index (χ0) is 11.4. The second kappa shape index (κ2) is 5.42. The lowest BCUT2D eigenvalue weighted by molar-refractivity contribution is 0.0894. The first-order chi connectivity index (χ1) is 6.99. The van der Waals surface area contributed by atoms with Crippen LogP contribution in [0.15, 0.2) is 24.3 Å². The molecule has 2 aliphatic heterocycles. The van der Waals surface area contributed by atoms with E-state index < -0.39 is 0 Å². The van der Waals surface area contributed by atoms with E-state index in [-0.39, 0.29) is 0 Å². The van der Waals surface area contributed by atoms with Gasteiger partial charge in [-0.2, -0.15) is 0 Å². The van der Waals surface area contributed by atoms with Gasteiger partial charge < -0.3 is 0 Å². The summed E-state index contributed by atoms with van der Waals surface area (Å²) in [4.78, 5) is 0. The Bertz CT molecular complexity index is 237. The van der Waals surface area contributed by atoms with Crippen molar-refractivity contribution < 1.29 is 0 Å². The third kappa shape index (κ3) is 4.13. The van der Waals surface area contributed by atoms with Gasteiger partial charge in [-0.25, -0.2) is 15.0 Å². The van der Waals surface area contributed by atoms with Gasteiger partial charge in [0.2, 0.25) is 0 Å². The highest BCUT2D eigenvalue weighted by molar-refractivity contribution is 5.03. The summed E-state index contributed by atoms with van der Waals surface area (Å²) in [7, 11) is 6.15. The summed E-state index contributed by atoms with van der Waals surface area (Å²) in [5.74, 6) is 0. The van der Waals surface area contributed by atoms with E-state index >= 15 is 0 Å². The number of likely N-dealkylation sites (N-methyl/N-ethyl adjacent to an activating group) is 3. The topological polar surface area (TPSA) is 21.8 Å². The van der Waals surface area contributed by atoms with Crippen LogP contribution in [0.3, 0.4) is 0 Å². The molecule has 2 rings (SSSR count). The number of rotatable bonds is 0. The molecular formula is C11H22N4. The lowest BCUT2D eigenvalue weighted by Crippen LogP contribution is -2.28. The standard InChI is InChI=1S/C6H12N2.C5H10N2/c1-6-4-7(2)8(3)5-6;1-5-3-6-7(2)4-5/h1,4-5H2,2-3H3;6H,1,3-4H2,2H3. The molecule has 4 nitrogen and oxygen atoms in total. The quantitative estimate of drug-likeness (QED) is 0.582. The Morgan fingerprint density at radius 3 is 1.60 bits per heavy atom. The van der Waals surface area contributed by atoms with Crippen molar-refractivity contribution in [1.82, 2.24) is 20.5 Å². The van der Waals surface area contributed by atoms with Crippen LogP contribution in [0.2, 0.25) is 0 Å². The summed E-state index contributed by atoms with van der Waals surface area (Å²) in [6, 6.07) is 0. The van der Waals surface area contributed by atoms with Crippen LogP contribution in [0.1, 0.15) is 0 Å². The molecule has 1 N–H and O–H groups in total. The van der Waals surface area contributed by atoms with Crippen molar-refractivity contribution in [3.05, 3.63) is 24.3 Å². The molecule has 0 atom stereocenters. The van der Waals surface area contributed by atoms with Gasteiger partial charge in [-0.05, 0) is 11.1 Å². The molecule has 2 heterocycles. The van der Waals surface area contributed by atoms with Crippen molar-refractivity contribution in [2.24, 2.45) is 0 Å². The summed E-state index contributed by atoms with van der Waals surface area (Å²) in [5, 5.41) is 6.34. The molecular weight excluding hydrogens is 188 g/mol. The summed E-state index contributed by atoms with van der Waals surface area (Å²) < 4.78 is 0. The first-order valence-electron chi connectivity index (χ1n) is 5.19. The first kappa shape index (κ1) is 12.4. The Morgan fingerprint density at radius 2 is 1.47 bits per heavy atom. The largest absolute Gasteiger partial charge is 0.251 e. The van der Waals surface area contributed by atoms with Gasteiger partial charge in [-0.15, -0.1) is 0 Å². The van der Waals surface area contributed by atoms with E-state index in [9.17, 15) is 0 Å². The van der Waals surface area contributed by atoms with E-state index in [2.05, 4.69) is 42.7 Å². The maximum atomic E-state index is 3.87. The number of nitrogens with zero attached hydrogens (tertiary/aromatic N) is 3. The van der Waals surface area contributed by atoms with E-state index in [1.54, 1.807) is 0 Å². The van der Waals surface area contributed by atoms with Crippen LogP contribution in [0.4, 0.5) is 0 Å². The molecule has 0 saturated carbocycles. The van der Waals surface area contributed by atoms with Crippen LogP contribution in [-0.4, -0.2) is 62.3 Å². The second-order valence-electron chi connectivity index (χ2n) is 4.32. The minimum absolute atomic E-state index is 0.955. The van der Waals surface area contributed by atoms with Crippen molar-refractivity contribution >= 4 is 0 Å². The number of hydrogen-bond acceptors (Lipinski definition) is 4. The van der Waals surface area contributed by atoms with Crippen molar-refractivity contribution in [2.45, 2.75) is 0 Å². The molecule has 0 amide bonds. The average molecular weight is 210 g/mol. The van der Waals surface area contributed by atoms with E-state index in [1.165, 1.54) is 11.1 Å². The lowest BCUT2D eigenvalue weighted by atomic mass is 10.3. The van der Waals surface area contributed by atoms with Crippen LogP contribution in [0.5, 0.6) is 0 Å². The minimum Gasteiger partial charge on any atom is -0.251 e. The number of hydrogen-bond donors (Lipinski definition) is 1. The van der Waals surface area contributed by atoms with E-state index in [1.807, 2.05) is 12.1 Å². The van der Waals surface area contributed by atoms with Gasteiger partial charge in [-0.3, -0.25) is 5.43 Å². The normalized spacial score (nSPS) is 24.5. The third-order valence-corrected chi connectivity index (χ3v) is 2.55. The van der Waals surface area contributed by atoms with E-state index in [4.69, 9.17) is 0 Å². The van der Waals surface area contributed by atoms with Gasteiger partial charge in [0, 0.05) is 47.3 Å². The van der Waals surface area contributed by atoms with Crippen molar-refractivity contribution in [3.8, 4) is 0 Å². The fourth-order valence-corrected chi connectivity index (χ4v) is 1.63. The van der Waals surface area contributed by atoms with Gasteiger partial charge in [0.15, 0.2) is 0 Å². The molecule has 2 saturated heterocycles. The molecule has 0 aromatic rings. The summed E-state index contributed by atoms with van der Waals surface area (Å²) in [5.41, 5.74) is 5.67.